The van der Waals surface area contributed by atoms with E-state index in [9.17, 15) is 4.79 Å². The predicted molar refractivity (Wildman–Crippen MR) is 44.4 cm³/mol. The lowest BCUT2D eigenvalue weighted by Gasteiger charge is -2.28. The molecule has 0 aromatic heterocycles. The second-order valence-electron chi connectivity index (χ2n) is 3.51. The molecule has 0 atom stereocenters. The molecule has 1 nitrogen and oxygen atoms in total. The molecule has 0 aliphatic heterocycles. The number of hydrogen-bond acceptors (Lipinski definition) is 1. The minimum atomic E-state index is -1.70. The van der Waals surface area contributed by atoms with Gasteiger partial charge < -0.3 is 4.79 Å². The summed E-state index contributed by atoms with van der Waals surface area (Å²) in [6, 6.07) is 0. The van der Waals surface area contributed by atoms with Gasteiger partial charge in [-0.05, 0) is 0 Å². The lowest BCUT2D eigenvalue weighted by Crippen LogP contribution is -2.35. The number of ketones is 1. The fourth-order valence-corrected chi connectivity index (χ4v) is 0.650. The Hall–Kier alpha value is -0.135. The molecule has 0 amide bonds. The molecule has 0 fully saturated rings. The zero-order chi connectivity index (χ0) is 8.58. The van der Waals surface area contributed by atoms with Crippen LogP contribution in [0.5, 0.6) is 0 Å². The lowest BCUT2D eigenvalue weighted by molar-refractivity contribution is -0.125. The van der Waals surface area contributed by atoms with Crippen molar-refractivity contribution < 1.29 is 4.79 Å². The van der Waals surface area contributed by atoms with Crippen molar-refractivity contribution in [1.29, 1.82) is 0 Å². The van der Waals surface area contributed by atoms with Crippen LogP contribution in [-0.2, 0) is 4.79 Å². The van der Waals surface area contributed by atoms with Gasteiger partial charge in [0.25, 0.3) is 0 Å². The van der Waals surface area contributed by atoms with E-state index in [0.29, 0.717) is 0 Å². The zero-order valence-electron chi connectivity index (χ0n) is 6.64. The molecular weight excluding hydrogens is 121 g/mol. The van der Waals surface area contributed by atoms with Crippen molar-refractivity contribution in [3.8, 4) is 0 Å². The maximum atomic E-state index is 11.1. The van der Waals surface area contributed by atoms with Crippen molar-refractivity contribution in [3.63, 3.8) is 0 Å². The molecule has 0 heterocycles. The van der Waals surface area contributed by atoms with Gasteiger partial charge in [0.1, 0.15) is 5.78 Å². The molecule has 0 bridgehead atoms. The third-order valence-corrected chi connectivity index (χ3v) is 1.07. The van der Waals surface area contributed by atoms with Crippen LogP contribution in [0.3, 0.4) is 0 Å². The van der Waals surface area contributed by atoms with E-state index >= 15 is 0 Å². The minimum Gasteiger partial charge on any atom is -0.301 e. The van der Waals surface area contributed by atoms with E-state index in [0.717, 1.165) is 0 Å². The Kier molecular flexibility index (Phi) is 2.45. The van der Waals surface area contributed by atoms with Gasteiger partial charge in [-0.25, -0.2) is 0 Å². The third-order valence-electron chi connectivity index (χ3n) is 1.07. The Bertz CT molecular complexity index is 124. The van der Waals surface area contributed by atoms with Crippen molar-refractivity contribution in [2.45, 2.75) is 25.9 Å². The van der Waals surface area contributed by atoms with Crippen molar-refractivity contribution >= 4 is 29.3 Å². The van der Waals surface area contributed by atoms with E-state index in [4.69, 9.17) is 23.5 Å². The molecule has 0 spiro atoms. The van der Waals surface area contributed by atoms with Crippen LogP contribution in [0.1, 0.15) is 20.8 Å². The molecule has 0 saturated heterocycles. The van der Waals surface area contributed by atoms with Crippen LogP contribution in [0.25, 0.3) is 0 Å². The highest BCUT2D eigenvalue weighted by Gasteiger charge is 2.30. The van der Waals surface area contributed by atoms with Crippen LogP contribution in [0.15, 0.2) is 0 Å². The van der Waals surface area contributed by atoms with Crippen molar-refractivity contribution in [1.82, 2.24) is 0 Å². The van der Waals surface area contributed by atoms with Crippen LogP contribution in [0, 0.1) is 5.41 Å². The quantitative estimate of drug-likeness (QED) is 0.462. The van der Waals surface area contributed by atoms with Gasteiger partial charge in [-0.1, -0.05) is 25.9 Å². The molecule has 6 radical (unpaired) electrons. The Labute approximate surface area is 66.2 Å². The van der Waals surface area contributed by atoms with Gasteiger partial charge in [0.2, 0.25) is 0 Å². The second kappa shape index (κ2) is 2.48. The summed E-state index contributed by atoms with van der Waals surface area (Å²) >= 11 is 0. The summed E-state index contributed by atoms with van der Waals surface area (Å²) in [7, 11) is 15.5. The monoisotopic (exact) mass is 130 g/mol. The molecule has 0 aromatic carbocycles. The number of Topliss-reactive ketones (excluding diaryl/α,β-unsaturated/α-hetero) is 1. The maximum Gasteiger partial charge on any atom is 0.119 e. The molecule has 0 aliphatic carbocycles. The molecule has 4 heteroatoms. The molecule has 0 aromatic rings. The van der Waals surface area contributed by atoms with Crippen LogP contribution < -0.4 is 0 Å². The minimum absolute atomic E-state index is 0.347. The fourth-order valence-electron chi connectivity index (χ4n) is 0.650. The van der Waals surface area contributed by atoms with E-state index < -0.39 is 10.5 Å². The third kappa shape index (κ3) is 2.63. The Morgan fingerprint density at radius 3 is 1.40 bits per heavy atom. The van der Waals surface area contributed by atoms with Gasteiger partial charge in [0, 0.05) is 5.41 Å². The van der Waals surface area contributed by atoms with E-state index in [-0.39, 0.29) is 5.78 Å². The van der Waals surface area contributed by atoms with Crippen LogP contribution in [0.2, 0.25) is 5.11 Å². The fraction of sp³-hybridized carbons (Fsp3) is 0.833. The van der Waals surface area contributed by atoms with Gasteiger partial charge in [0.05, 0.1) is 23.5 Å². The number of hydrogen-bond donors (Lipinski definition) is 0. The summed E-state index contributed by atoms with van der Waals surface area (Å²) in [6.07, 6.45) is 0. The summed E-state index contributed by atoms with van der Waals surface area (Å²) < 4.78 is 0. The van der Waals surface area contributed by atoms with E-state index in [1.54, 1.807) is 20.8 Å². The average Bonchev–Trinajstić information content (AvgIpc) is 1.59. The van der Waals surface area contributed by atoms with E-state index in [1.165, 1.54) is 0 Å². The highest BCUT2D eigenvalue weighted by Crippen LogP contribution is 2.26. The number of rotatable bonds is 1. The van der Waals surface area contributed by atoms with E-state index in [1.807, 2.05) is 0 Å². The van der Waals surface area contributed by atoms with Crippen molar-refractivity contribution in [3.05, 3.63) is 0 Å². The summed E-state index contributed by atoms with van der Waals surface area (Å²) in [5.74, 6) is -0.347. The molecule has 48 valence electrons. The number of carbonyl (C=O) groups is 1. The van der Waals surface area contributed by atoms with Gasteiger partial charge >= 0.3 is 0 Å². The topological polar surface area (TPSA) is 17.1 Å². The first kappa shape index (κ1) is 9.86. The molecule has 0 aliphatic rings. The van der Waals surface area contributed by atoms with Crippen molar-refractivity contribution in [2.75, 3.05) is 0 Å². The standard InChI is InChI=1S/C6H9B3O/c1-5(2,3)4(10)6(7,8)9/h1-3H3. The molecule has 0 saturated carbocycles. The number of carbonyl (C=O) groups excluding carboxylic acids is 1. The smallest absolute Gasteiger partial charge is 0.119 e. The second-order valence-corrected chi connectivity index (χ2v) is 3.51. The Balaban J connectivity index is 4.40. The highest BCUT2D eigenvalue weighted by atomic mass is 16.1. The SMILES string of the molecule is [B]C([B])([B])C(=O)C(C)(C)C. The first-order chi connectivity index (χ1) is 4.15. The van der Waals surface area contributed by atoms with Gasteiger partial charge in [-0.3, -0.25) is 0 Å². The normalized spacial score (nSPS) is 13.1. The maximum absolute atomic E-state index is 11.1. The summed E-state index contributed by atoms with van der Waals surface area (Å²) in [5.41, 5.74) is -0.571. The first-order valence-electron chi connectivity index (χ1n) is 3.07. The first-order valence-corrected chi connectivity index (χ1v) is 3.07. The van der Waals surface area contributed by atoms with Crippen LogP contribution in [0.4, 0.5) is 0 Å². The highest BCUT2D eigenvalue weighted by molar-refractivity contribution is 6.69. The average molecular weight is 130 g/mol. The summed E-state index contributed by atoms with van der Waals surface area (Å²) in [4.78, 5) is 11.1. The van der Waals surface area contributed by atoms with E-state index in [2.05, 4.69) is 0 Å². The van der Waals surface area contributed by atoms with Crippen LogP contribution in [-0.4, -0.2) is 29.3 Å². The van der Waals surface area contributed by atoms with Crippen molar-refractivity contribution in [2.24, 2.45) is 5.41 Å². The van der Waals surface area contributed by atoms with Gasteiger partial charge in [-0.2, -0.15) is 0 Å². The molecule has 0 rings (SSSR count). The van der Waals surface area contributed by atoms with Gasteiger partial charge in [0.15, 0.2) is 0 Å². The molecule has 0 unspecified atom stereocenters. The van der Waals surface area contributed by atoms with Gasteiger partial charge in [-0.15, -0.1) is 0 Å². The zero-order valence-corrected chi connectivity index (χ0v) is 6.64. The molecular formula is C6H9B3O. The molecule has 0 N–H and O–H groups in total. The lowest BCUT2D eigenvalue weighted by atomic mass is 9.38. The Morgan fingerprint density at radius 2 is 1.40 bits per heavy atom. The largest absolute Gasteiger partial charge is 0.301 e. The summed E-state index contributed by atoms with van der Waals surface area (Å²) in [5, 5.41) is -1.70. The predicted octanol–water partition coefficient (Wildman–Crippen LogP) is 0.181. The molecule has 10 heavy (non-hydrogen) atoms. The Morgan fingerprint density at radius 1 is 1.10 bits per heavy atom. The summed E-state index contributed by atoms with van der Waals surface area (Å²) in [6.45, 7) is 5.16. The van der Waals surface area contributed by atoms with Crippen LogP contribution >= 0.6 is 0 Å².